The second-order valence-corrected chi connectivity index (χ2v) is 6.66. The van der Waals surface area contributed by atoms with Crippen LogP contribution in [0.1, 0.15) is 18.4 Å². The van der Waals surface area contributed by atoms with Gasteiger partial charge in [-0.1, -0.05) is 22.0 Å². The summed E-state index contributed by atoms with van der Waals surface area (Å²) in [5.74, 6) is 0.449. The Hall–Kier alpha value is -0.870. The van der Waals surface area contributed by atoms with Gasteiger partial charge in [-0.15, -0.1) is 0 Å². The average molecular weight is 321 g/mol. The maximum absolute atomic E-state index is 11.6. The third-order valence-electron chi connectivity index (χ3n) is 4.83. The van der Waals surface area contributed by atoms with Crippen molar-refractivity contribution in [2.45, 2.75) is 31.3 Å². The number of fused-ring (bicyclic) bond motifs is 3. The van der Waals surface area contributed by atoms with Gasteiger partial charge >= 0.3 is 0 Å². The molecule has 2 heterocycles. The van der Waals surface area contributed by atoms with Crippen LogP contribution in [-0.4, -0.2) is 42.4 Å². The Morgan fingerprint density at radius 2 is 2.16 bits per heavy atom. The van der Waals surface area contributed by atoms with Gasteiger partial charge in [-0.3, -0.25) is 9.69 Å². The van der Waals surface area contributed by atoms with Crippen LogP contribution in [0.2, 0.25) is 0 Å². The molecular formula is C15H17BrN2O. The number of rotatable bonds is 1. The van der Waals surface area contributed by atoms with E-state index in [4.69, 9.17) is 0 Å². The quantitative estimate of drug-likeness (QED) is 0.792. The monoisotopic (exact) mass is 320 g/mol. The Morgan fingerprint density at radius 3 is 2.89 bits per heavy atom. The lowest BCUT2D eigenvalue weighted by atomic mass is 9.88. The number of benzene rings is 1. The molecule has 1 aliphatic carbocycles. The zero-order valence-corrected chi connectivity index (χ0v) is 12.4. The number of anilines is 1. The zero-order chi connectivity index (χ0) is 13.0. The van der Waals surface area contributed by atoms with Crippen LogP contribution in [0.3, 0.4) is 0 Å². The first-order valence-electron chi connectivity index (χ1n) is 7.05. The minimum Gasteiger partial charge on any atom is -0.365 e. The van der Waals surface area contributed by atoms with Crippen molar-refractivity contribution in [2.75, 3.05) is 24.5 Å². The van der Waals surface area contributed by atoms with Gasteiger partial charge in [0, 0.05) is 42.3 Å². The second kappa shape index (κ2) is 4.32. The number of hydrogen-bond acceptors (Lipinski definition) is 3. The SMILES string of the molecule is O=C1CC[C@@H]1N1CCN2c3cccc(Br)c3C[C@@H]2C1. The van der Waals surface area contributed by atoms with E-state index in [-0.39, 0.29) is 6.04 Å². The van der Waals surface area contributed by atoms with E-state index in [0.29, 0.717) is 11.8 Å². The first-order chi connectivity index (χ1) is 9.24. The lowest BCUT2D eigenvalue weighted by Gasteiger charge is -2.44. The molecule has 0 bridgehead atoms. The molecule has 2 aliphatic heterocycles. The highest BCUT2D eigenvalue weighted by molar-refractivity contribution is 9.10. The van der Waals surface area contributed by atoms with Crippen LogP contribution in [0.4, 0.5) is 5.69 Å². The number of Topliss-reactive ketones (excluding diaryl/α,β-unsaturated/α-hetero) is 1. The third-order valence-corrected chi connectivity index (χ3v) is 5.58. The Morgan fingerprint density at radius 1 is 1.26 bits per heavy atom. The number of halogens is 1. The maximum Gasteiger partial charge on any atom is 0.150 e. The summed E-state index contributed by atoms with van der Waals surface area (Å²) >= 11 is 3.67. The highest BCUT2D eigenvalue weighted by Crippen LogP contribution is 2.39. The molecule has 1 aromatic rings. The van der Waals surface area contributed by atoms with Crippen molar-refractivity contribution >= 4 is 27.4 Å². The highest BCUT2D eigenvalue weighted by atomic mass is 79.9. The van der Waals surface area contributed by atoms with Crippen LogP contribution < -0.4 is 4.90 Å². The molecule has 19 heavy (non-hydrogen) atoms. The summed E-state index contributed by atoms with van der Waals surface area (Å²) in [6.07, 6.45) is 2.97. The van der Waals surface area contributed by atoms with Crippen molar-refractivity contribution in [2.24, 2.45) is 0 Å². The largest absolute Gasteiger partial charge is 0.365 e. The van der Waals surface area contributed by atoms with Gasteiger partial charge in [0.1, 0.15) is 5.78 Å². The van der Waals surface area contributed by atoms with E-state index < -0.39 is 0 Å². The molecule has 1 saturated heterocycles. The first kappa shape index (κ1) is 11.9. The molecule has 4 rings (SSSR count). The fraction of sp³-hybridized carbons (Fsp3) is 0.533. The standard InChI is InChI=1S/C15H17BrN2O/c16-12-2-1-3-13-11(12)8-10-9-17(6-7-18(10)13)14-4-5-15(14)19/h1-3,10,14H,4-9H2/t10-,14+/m1/s1. The van der Waals surface area contributed by atoms with Crippen LogP contribution in [0.5, 0.6) is 0 Å². The molecule has 4 heteroatoms. The highest BCUT2D eigenvalue weighted by Gasteiger charge is 2.40. The Balaban J connectivity index is 1.56. The number of nitrogens with zero attached hydrogens (tertiary/aromatic N) is 2. The van der Waals surface area contributed by atoms with Gasteiger partial charge < -0.3 is 4.90 Å². The predicted octanol–water partition coefficient (Wildman–Crippen LogP) is 2.23. The van der Waals surface area contributed by atoms with E-state index in [0.717, 1.165) is 38.9 Å². The van der Waals surface area contributed by atoms with Crippen LogP contribution in [0.15, 0.2) is 22.7 Å². The topological polar surface area (TPSA) is 23.6 Å². The third kappa shape index (κ3) is 1.77. The number of carbonyl (C=O) groups excluding carboxylic acids is 1. The summed E-state index contributed by atoms with van der Waals surface area (Å²) in [7, 11) is 0. The Labute approximate surface area is 121 Å². The van der Waals surface area contributed by atoms with Gasteiger partial charge in [0.2, 0.25) is 0 Å². The van der Waals surface area contributed by atoms with Gasteiger partial charge in [0.05, 0.1) is 6.04 Å². The molecule has 3 aliphatic rings. The van der Waals surface area contributed by atoms with Crippen molar-refractivity contribution < 1.29 is 4.79 Å². The Kier molecular flexibility index (Phi) is 2.71. The molecule has 3 nitrogen and oxygen atoms in total. The molecule has 0 aromatic heterocycles. The Bertz CT molecular complexity index is 545. The first-order valence-corrected chi connectivity index (χ1v) is 7.84. The van der Waals surface area contributed by atoms with Gasteiger partial charge in [-0.05, 0) is 30.5 Å². The van der Waals surface area contributed by atoms with Gasteiger partial charge in [-0.2, -0.15) is 0 Å². The van der Waals surface area contributed by atoms with E-state index in [1.165, 1.54) is 15.7 Å². The summed E-state index contributed by atoms with van der Waals surface area (Å²) in [5.41, 5.74) is 2.83. The van der Waals surface area contributed by atoms with Crippen molar-refractivity contribution in [1.82, 2.24) is 4.90 Å². The molecule has 2 atom stereocenters. The number of piperazine rings is 1. The summed E-state index contributed by atoms with van der Waals surface area (Å²) < 4.78 is 1.23. The lowest BCUT2D eigenvalue weighted by molar-refractivity contribution is -0.131. The van der Waals surface area contributed by atoms with E-state index in [1.807, 2.05) is 0 Å². The maximum atomic E-state index is 11.6. The molecule has 0 spiro atoms. The zero-order valence-electron chi connectivity index (χ0n) is 10.8. The fourth-order valence-electron chi connectivity index (χ4n) is 3.69. The summed E-state index contributed by atoms with van der Waals surface area (Å²) in [6, 6.07) is 7.26. The molecule has 1 aromatic carbocycles. The molecular weight excluding hydrogens is 304 g/mol. The molecule has 0 N–H and O–H groups in total. The lowest BCUT2D eigenvalue weighted by Crippen LogP contribution is -2.59. The van der Waals surface area contributed by atoms with Gasteiger partial charge in [0.15, 0.2) is 0 Å². The predicted molar refractivity (Wildman–Crippen MR) is 78.6 cm³/mol. The molecule has 0 amide bonds. The van der Waals surface area contributed by atoms with Crippen LogP contribution in [-0.2, 0) is 11.2 Å². The minimum absolute atomic E-state index is 0.231. The minimum atomic E-state index is 0.231. The summed E-state index contributed by atoms with van der Waals surface area (Å²) in [4.78, 5) is 16.6. The second-order valence-electron chi connectivity index (χ2n) is 5.80. The van der Waals surface area contributed by atoms with E-state index in [2.05, 4.69) is 43.9 Å². The van der Waals surface area contributed by atoms with Crippen molar-refractivity contribution in [3.8, 4) is 0 Å². The molecule has 1 saturated carbocycles. The number of hydrogen-bond donors (Lipinski definition) is 0. The van der Waals surface area contributed by atoms with E-state index in [1.54, 1.807) is 0 Å². The van der Waals surface area contributed by atoms with E-state index >= 15 is 0 Å². The summed E-state index contributed by atoms with van der Waals surface area (Å²) in [6.45, 7) is 3.12. The van der Waals surface area contributed by atoms with Crippen molar-refractivity contribution in [3.63, 3.8) is 0 Å². The summed E-state index contributed by atoms with van der Waals surface area (Å²) in [5, 5.41) is 0. The number of carbonyl (C=O) groups is 1. The van der Waals surface area contributed by atoms with Crippen LogP contribution in [0.25, 0.3) is 0 Å². The van der Waals surface area contributed by atoms with Crippen LogP contribution >= 0.6 is 15.9 Å². The van der Waals surface area contributed by atoms with Gasteiger partial charge in [-0.25, -0.2) is 0 Å². The van der Waals surface area contributed by atoms with Gasteiger partial charge in [0.25, 0.3) is 0 Å². The fourth-order valence-corrected chi connectivity index (χ4v) is 4.20. The number of ketones is 1. The molecule has 0 unspecified atom stereocenters. The molecule has 2 fully saturated rings. The van der Waals surface area contributed by atoms with Crippen molar-refractivity contribution in [3.05, 3.63) is 28.2 Å². The van der Waals surface area contributed by atoms with Crippen LogP contribution in [0, 0.1) is 0 Å². The average Bonchev–Trinajstić information content (AvgIpc) is 2.76. The normalized spacial score (nSPS) is 29.9. The molecule has 100 valence electrons. The van der Waals surface area contributed by atoms with E-state index in [9.17, 15) is 4.79 Å². The molecule has 0 radical (unpaired) electrons. The smallest absolute Gasteiger partial charge is 0.150 e. The van der Waals surface area contributed by atoms with Crippen molar-refractivity contribution in [1.29, 1.82) is 0 Å².